The molecule has 0 radical (unpaired) electrons. The second-order valence-corrected chi connectivity index (χ2v) is 6.14. The molecule has 2 aliphatic heterocycles. The predicted molar refractivity (Wildman–Crippen MR) is 74.2 cm³/mol. The zero-order valence-corrected chi connectivity index (χ0v) is 11.3. The first-order valence-corrected chi connectivity index (χ1v) is 7.24. The number of rotatable bonds is 2. The van der Waals surface area contributed by atoms with Crippen LogP contribution in [0.1, 0.15) is 6.92 Å². The Labute approximate surface area is 109 Å². The summed E-state index contributed by atoms with van der Waals surface area (Å²) >= 11 is 8.08. The molecule has 0 aromatic heterocycles. The van der Waals surface area contributed by atoms with Gasteiger partial charge in [0.1, 0.15) is 4.32 Å². The van der Waals surface area contributed by atoms with Gasteiger partial charge in [-0.1, -0.05) is 24.0 Å². The van der Waals surface area contributed by atoms with Crippen LogP contribution in [0.4, 0.5) is 0 Å². The first-order valence-electron chi connectivity index (χ1n) is 5.03. The van der Waals surface area contributed by atoms with Crippen molar-refractivity contribution < 1.29 is 4.79 Å². The van der Waals surface area contributed by atoms with Gasteiger partial charge >= 0.3 is 0 Å². The van der Waals surface area contributed by atoms with E-state index in [9.17, 15) is 4.79 Å². The van der Waals surface area contributed by atoms with Crippen LogP contribution < -0.4 is 5.32 Å². The smallest absolute Gasteiger partial charge is 0.263 e. The lowest BCUT2D eigenvalue weighted by molar-refractivity contribution is -0.115. The maximum absolute atomic E-state index is 11.4. The van der Waals surface area contributed by atoms with E-state index in [0.29, 0.717) is 9.23 Å². The van der Waals surface area contributed by atoms with E-state index >= 15 is 0 Å². The van der Waals surface area contributed by atoms with Gasteiger partial charge < -0.3 is 10.2 Å². The van der Waals surface area contributed by atoms with Gasteiger partial charge in [-0.05, 0) is 19.1 Å². The van der Waals surface area contributed by atoms with Crippen LogP contribution in [-0.4, -0.2) is 34.0 Å². The van der Waals surface area contributed by atoms with Gasteiger partial charge in [0.2, 0.25) is 0 Å². The first kappa shape index (κ1) is 12.0. The van der Waals surface area contributed by atoms with Gasteiger partial charge in [-0.15, -0.1) is 11.8 Å². The summed E-state index contributed by atoms with van der Waals surface area (Å²) in [5.41, 5.74) is 0. The number of nitrogens with one attached hydrogen (secondary N) is 1. The Morgan fingerprint density at radius 1 is 1.56 bits per heavy atom. The third-order valence-electron chi connectivity index (χ3n) is 2.32. The van der Waals surface area contributed by atoms with E-state index in [1.54, 1.807) is 0 Å². The Morgan fingerprint density at radius 2 is 2.38 bits per heavy atom. The Balaban J connectivity index is 2.10. The molecule has 0 aromatic carbocycles. The van der Waals surface area contributed by atoms with Gasteiger partial charge in [-0.3, -0.25) is 4.79 Å². The number of hydrogen-bond acceptors (Lipinski definition) is 5. The average Bonchev–Trinajstić information content (AvgIpc) is 2.81. The molecule has 0 atom stereocenters. The van der Waals surface area contributed by atoms with E-state index in [4.69, 9.17) is 12.2 Å². The van der Waals surface area contributed by atoms with Crippen molar-refractivity contribution in [1.82, 2.24) is 10.2 Å². The highest BCUT2D eigenvalue weighted by Crippen LogP contribution is 2.29. The lowest BCUT2D eigenvalue weighted by Crippen LogP contribution is -2.18. The Bertz CT molecular complexity index is 390. The van der Waals surface area contributed by atoms with E-state index in [-0.39, 0.29) is 5.91 Å². The van der Waals surface area contributed by atoms with E-state index in [1.807, 2.05) is 23.9 Å². The van der Waals surface area contributed by atoms with Crippen LogP contribution in [-0.2, 0) is 4.79 Å². The largest absolute Gasteiger partial charge is 0.366 e. The molecular formula is C10H12N2OS3. The zero-order valence-electron chi connectivity index (χ0n) is 8.86. The van der Waals surface area contributed by atoms with E-state index in [2.05, 4.69) is 17.1 Å². The maximum Gasteiger partial charge on any atom is 0.263 e. The van der Waals surface area contributed by atoms with Crippen molar-refractivity contribution in [1.29, 1.82) is 0 Å². The molecule has 0 unspecified atom stereocenters. The van der Waals surface area contributed by atoms with Gasteiger partial charge in [0, 0.05) is 18.8 Å². The number of hydrogen-bond donors (Lipinski definition) is 1. The molecule has 0 spiro atoms. The predicted octanol–water partition coefficient (Wildman–Crippen LogP) is 1.93. The van der Waals surface area contributed by atoms with Gasteiger partial charge in [0.15, 0.2) is 0 Å². The van der Waals surface area contributed by atoms with Crippen molar-refractivity contribution in [2.24, 2.45) is 0 Å². The van der Waals surface area contributed by atoms with Crippen LogP contribution in [0.25, 0.3) is 0 Å². The van der Waals surface area contributed by atoms with Crippen LogP contribution in [0.15, 0.2) is 22.1 Å². The highest BCUT2D eigenvalue weighted by Gasteiger charge is 2.22. The lowest BCUT2D eigenvalue weighted by atomic mass is 10.4. The first-order chi connectivity index (χ1) is 7.70. The van der Waals surface area contributed by atoms with Crippen LogP contribution in [0.3, 0.4) is 0 Å². The van der Waals surface area contributed by atoms with Gasteiger partial charge in [-0.25, -0.2) is 0 Å². The summed E-state index contributed by atoms with van der Waals surface area (Å²) in [4.78, 5) is 14.4. The standard InChI is InChI=1S/C10H12N2OS3/c1-2-12-5-6-15-8(12)4-3-7-9(13)11-10(14)16-7/h3-4H,2,5-6H2,1H3,(H,11,13,14)/b7-3+,8-4-. The molecule has 0 aliphatic carbocycles. The third kappa shape index (κ3) is 2.61. The highest BCUT2D eigenvalue weighted by atomic mass is 32.2. The molecule has 86 valence electrons. The van der Waals surface area contributed by atoms with E-state index in [1.165, 1.54) is 16.8 Å². The van der Waals surface area contributed by atoms with Crippen molar-refractivity contribution in [3.8, 4) is 0 Å². The molecular weight excluding hydrogens is 260 g/mol. The van der Waals surface area contributed by atoms with E-state index in [0.717, 1.165) is 18.8 Å². The highest BCUT2D eigenvalue weighted by molar-refractivity contribution is 8.26. The van der Waals surface area contributed by atoms with Crippen LogP contribution in [0, 0.1) is 0 Å². The number of thioether (sulfide) groups is 2. The normalized spacial score (nSPS) is 25.9. The lowest BCUT2D eigenvalue weighted by Gasteiger charge is -2.15. The summed E-state index contributed by atoms with van der Waals surface area (Å²) in [7, 11) is 0. The molecule has 2 rings (SSSR count). The van der Waals surface area contributed by atoms with Crippen molar-refractivity contribution in [2.45, 2.75) is 6.92 Å². The second kappa shape index (κ2) is 5.25. The number of allylic oxidation sites excluding steroid dienone is 2. The number of carbonyl (C=O) groups is 1. The number of nitrogens with zero attached hydrogens (tertiary/aromatic N) is 1. The molecule has 2 heterocycles. The van der Waals surface area contributed by atoms with Gasteiger partial charge in [0.05, 0.1) is 9.93 Å². The number of carbonyl (C=O) groups excluding carboxylic acids is 1. The molecule has 2 aliphatic rings. The molecule has 3 nitrogen and oxygen atoms in total. The summed E-state index contributed by atoms with van der Waals surface area (Å²) in [6.45, 7) is 4.24. The van der Waals surface area contributed by atoms with Crippen molar-refractivity contribution in [2.75, 3.05) is 18.8 Å². The quantitative estimate of drug-likeness (QED) is 0.613. The van der Waals surface area contributed by atoms with Crippen LogP contribution >= 0.6 is 35.7 Å². The van der Waals surface area contributed by atoms with E-state index < -0.39 is 0 Å². The van der Waals surface area contributed by atoms with Gasteiger partial charge in [0.25, 0.3) is 5.91 Å². The fourth-order valence-corrected chi connectivity index (χ4v) is 3.59. The van der Waals surface area contributed by atoms with Crippen molar-refractivity contribution >= 4 is 46.0 Å². The minimum atomic E-state index is -0.0853. The molecule has 0 saturated carbocycles. The Hall–Kier alpha value is -0.460. The third-order valence-corrected chi connectivity index (χ3v) is 4.58. The van der Waals surface area contributed by atoms with Crippen molar-refractivity contribution in [3.05, 3.63) is 22.1 Å². The number of amides is 1. The average molecular weight is 272 g/mol. The molecule has 6 heteroatoms. The number of thiocarbonyl (C=S) groups is 1. The van der Waals surface area contributed by atoms with Gasteiger partial charge in [-0.2, -0.15) is 0 Å². The molecule has 1 amide bonds. The summed E-state index contributed by atoms with van der Waals surface area (Å²) in [6, 6.07) is 0. The van der Waals surface area contributed by atoms with Crippen LogP contribution in [0.2, 0.25) is 0 Å². The molecule has 16 heavy (non-hydrogen) atoms. The second-order valence-electron chi connectivity index (χ2n) is 3.31. The summed E-state index contributed by atoms with van der Waals surface area (Å²) in [5.74, 6) is 1.04. The summed E-state index contributed by atoms with van der Waals surface area (Å²) in [6.07, 6.45) is 3.87. The maximum atomic E-state index is 11.4. The van der Waals surface area contributed by atoms with Crippen LogP contribution in [0.5, 0.6) is 0 Å². The fourth-order valence-electron chi connectivity index (χ4n) is 1.51. The van der Waals surface area contributed by atoms with Crippen molar-refractivity contribution in [3.63, 3.8) is 0 Å². The summed E-state index contributed by atoms with van der Waals surface area (Å²) < 4.78 is 0.543. The minimum Gasteiger partial charge on any atom is -0.366 e. The Kier molecular flexibility index (Phi) is 3.94. The fraction of sp³-hybridized carbons (Fsp3) is 0.400. The minimum absolute atomic E-state index is 0.0853. The molecule has 1 N–H and O–H groups in total. The molecule has 2 fully saturated rings. The molecule has 0 bridgehead atoms. The topological polar surface area (TPSA) is 32.3 Å². The zero-order chi connectivity index (χ0) is 11.5. The Morgan fingerprint density at radius 3 is 3.00 bits per heavy atom. The molecule has 2 saturated heterocycles. The summed E-state index contributed by atoms with van der Waals surface area (Å²) in [5, 5.41) is 3.84. The SMILES string of the molecule is CCN1CCS/C1=C\C=C1\SC(=S)NC1=O. The molecule has 0 aromatic rings. The monoisotopic (exact) mass is 272 g/mol.